The van der Waals surface area contributed by atoms with Crippen molar-refractivity contribution in [2.75, 3.05) is 7.11 Å². The van der Waals surface area contributed by atoms with Gasteiger partial charge in [0.2, 0.25) is 0 Å². The average Bonchev–Trinajstić information content (AvgIpc) is 2.59. The van der Waals surface area contributed by atoms with E-state index in [1.807, 2.05) is 49.4 Å². The van der Waals surface area contributed by atoms with Crippen molar-refractivity contribution in [3.05, 3.63) is 59.8 Å². The number of nitrogens with zero attached hydrogens (tertiary/aromatic N) is 1. The van der Waals surface area contributed by atoms with Crippen LogP contribution in [0, 0.1) is 6.92 Å². The molecule has 0 saturated carbocycles. The van der Waals surface area contributed by atoms with Crippen LogP contribution >= 0.6 is 0 Å². The smallest absolute Gasteiger partial charge is 0.303 e. The number of fused-ring (bicyclic) bond motifs is 1. The van der Waals surface area contributed by atoms with Crippen molar-refractivity contribution in [1.29, 1.82) is 0 Å². The largest absolute Gasteiger partial charge is 0.496 e. The summed E-state index contributed by atoms with van der Waals surface area (Å²) < 4.78 is 5.53. The summed E-state index contributed by atoms with van der Waals surface area (Å²) in [7, 11) is 1.66. The molecular formula is C20H19NO3. The highest BCUT2D eigenvalue weighted by Gasteiger charge is 2.15. The molecular weight excluding hydrogens is 302 g/mol. The Morgan fingerprint density at radius 3 is 2.75 bits per heavy atom. The zero-order chi connectivity index (χ0) is 17.1. The number of benzene rings is 2. The van der Waals surface area contributed by atoms with Crippen LogP contribution in [0.5, 0.6) is 5.75 Å². The minimum absolute atomic E-state index is 0.108. The van der Waals surface area contributed by atoms with E-state index in [2.05, 4.69) is 4.98 Å². The molecule has 0 aliphatic rings. The highest BCUT2D eigenvalue weighted by atomic mass is 16.5. The maximum Gasteiger partial charge on any atom is 0.303 e. The Morgan fingerprint density at radius 1 is 1.17 bits per heavy atom. The highest BCUT2D eigenvalue weighted by Crippen LogP contribution is 2.37. The number of ether oxygens (including phenoxy) is 1. The number of pyridine rings is 1. The van der Waals surface area contributed by atoms with Crippen LogP contribution in [-0.2, 0) is 11.2 Å². The van der Waals surface area contributed by atoms with Crippen LogP contribution in [0.25, 0.3) is 22.0 Å². The molecule has 1 N–H and O–H groups in total. The van der Waals surface area contributed by atoms with E-state index < -0.39 is 5.97 Å². The van der Waals surface area contributed by atoms with Crippen LogP contribution < -0.4 is 4.74 Å². The molecule has 3 rings (SSSR count). The number of hydrogen-bond acceptors (Lipinski definition) is 3. The molecule has 122 valence electrons. The highest BCUT2D eigenvalue weighted by molar-refractivity contribution is 5.97. The maximum absolute atomic E-state index is 10.9. The van der Waals surface area contributed by atoms with Gasteiger partial charge in [-0.1, -0.05) is 30.3 Å². The topological polar surface area (TPSA) is 59.4 Å². The van der Waals surface area contributed by atoms with Crippen molar-refractivity contribution >= 4 is 16.9 Å². The first-order valence-electron chi connectivity index (χ1n) is 7.84. The monoisotopic (exact) mass is 321 g/mol. The normalized spacial score (nSPS) is 10.8. The van der Waals surface area contributed by atoms with E-state index in [0.29, 0.717) is 6.42 Å². The minimum Gasteiger partial charge on any atom is -0.496 e. The average molecular weight is 321 g/mol. The number of carbonyl (C=O) groups is 1. The molecule has 0 bridgehead atoms. The van der Waals surface area contributed by atoms with E-state index in [-0.39, 0.29) is 6.42 Å². The predicted molar refractivity (Wildman–Crippen MR) is 94.4 cm³/mol. The number of aryl methyl sites for hydroxylation is 2. The molecule has 0 aliphatic heterocycles. The van der Waals surface area contributed by atoms with E-state index in [1.165, 1.54) is 0 Å². The van der Waals surface area contributed by atoms with Crippen molar-refractivity contribution in [2.45, 2.75) is 19.8 Å². The van der Waals surface area contributed by atoms with Crippen LogP contribution in [0.3, 0.4) is 0 Å². The number of rotatable bonds is 5. The Labute approximate surface area is 140 Å². The van der Waals surface area contributed by atoms with Crippen molar-refractivity contribution in [2.24, 2.45) is 0 Å². The summed E-state index contributed by atoms with van der Waals surface area (Å²) in [6, 6.07) is 13.8. The number of carboxylic acids is 1. The molecule has 0 amide bonds. The zero-order valence-corrected chi connectivity index (χ0v) is 13.7. The number of methoxy groups -OCH3 is 1. The Kier molecular flexibility index (Phi) is 4.47. The van der Waals surface area contributed by atoms with Crippen molar-refractivity contribution in [3.8, 4) is 16.9 Å². The van der Waals surface area contributed by atoms with Gasteiger partial charge in [-0.15, -0.1) is 0 Å². The van der Waals surface area contributed by atoms with Gasteiger partial charge in [-0.25, -0.2) is 0 Å². The van der Waals surface area contributed by atoms with Crippen molar-refractivity contribution < 1.29 is 14.6 Å². The number of carboxylic acid groups (broad SMARTS) is 1. The van der Waals surface area contributed by atoms with Crippen LogP contribution in [-0.4, -0.2) is 23.2 Å². The Bertz CT molecular complexity index is 903. The lowest BCUT2D eigenvalue weighted by molar-refractivity contribution is -0.136. The van der Waals surface area contributed by atoms with Gasteiger partial charge >= 0.3 is 5.97 Å². The molecule has 0 radical (unpaired) electrons. The van der Waals surface area contributed by atoms with Crippen molar-refractivity contribution in [1.82, 2.24) is 4.98 Å². The molecule has 1 heterocycles. The summed E-state index contributed by atoms with van der Waals surface area (Å²) in [5, 5.41) is 9.94. The SMILES string of the molecule is COc1cccc(C)c1-c1ccc(CCC(=O)O)c2cccnc12. The van der Waals surface area contributed by atoms with Gasteiger partial charge in [0.05, 0.1) is 12.6 Å². The summed E-state index contributed by atoms with van der Waals surface area (Å²) in [5.41, 5.74) is 5.00. The summed E-state index contributed by atoms with van der Waals surface area (Å²) in [6.07, 6.45) is 2.36. The second-order valence-corrected chi connectivity index (χ2v) is 5.72. The molecule has 0 saturated heterocycles. The molecule has 0 unspecified atom stereocenters. The quantitative estimate of drug-likeness (QED) is 0.764. The molecule has 0 atom stereocenters. The lowest BCUT2D eigenvalue weighted by Gasteiger charge is -2.15. The van der Waals surface area contributed by atoms with E-state index in [9.17, 15) is 4.79 Å². The fourth-order valence-electron chi connectivity index (χ4n) is 3.05. The van der Waals surface area contributed by atoms with E-state index >= 15 is 0 Å². The van der Waals surface area contributed by atoms with Crippen LogP contribution in [0.15, 0.2) is 48.7 Å². The molecule has 4 heteroatoms. The molecule has 0 aliphatic carbocycles. The van der Waals surface area contributed by atoms with E-state index in [0.717, 1.165) is 38.9 Å². The van der Waals surface area contributed by atoms with Gasteiger partial charge in [-0.3, -0.25) is 9.78 Å². The van der Waals surface area contributed by atoms with Crippen molar-refractivity contribution in [3.63, 3.8) is 0 Å². The maximum atomic E-state index is 10.9. The van der Waals surface area contributed by atoms with Gasteiger partial charge in [0.15, 0.2) is 0 Å². The fraction of sp³-hybridized carbons (Fsp3) is 0.200. The van der Waals surface area contributed by atoms with Gasteiger partial charge in [-0.2, -0.15) is 0 Å². The summed E-state index contributed by atoms with van der Waals surface area (Å²) in [6.45, 7) is 2.05. The Morgan fingerprint density at radius 2 is 2.00 bits per heavy atom. The third-order valence-electron chi connectivity index (χ3n) is 4.19. The first kappa shape index (κ1) is 16.0. The lowest BCUT2D eigenvalue weighted by atomic mass is 9.93. The molecule has 0 fully saturated rings. The van der Waals surface area contributed by atoms with Gasteiger partial charge in [-0.05, 0) is 36.6 Å². The van der Waals surface area contributed by atoms with Crippen LogP contribution in [0.2, 0.25) is 0 Å². The predicted octanol–water partition coefficient (Wildman–Crippen LogP) is 4.24. The van der Waals surface area contributed by atoms with Gasteiger partial charge in [0.25, 0.3) is 0 Å². The summed E-state index contributed by atoms with van der Waals surface area (Å²) >= 11 is 0. The second kappa shape index (κ2) is 6.71. The van der Waals surface area contributed by atoms with Gasteiger partial charge in [0.1, 0.15) is 5.75 Å². The minimum atomic E-state index is -0.795. The third kappa shape index (κ3) is 2.95. The van der Waals surface area contributed by atoms with E-state index in [1.54, 1.807) is 13.3 Å². The summed E-state index contributed by atoms with van der Waals surface area (Å²) in [5.74, 6) is 0.0110. The molecule has 24 heavy (non-hydrogen) atoms. The third-order valence-corrected chi connectivity index (χ3v) is 4.19. The lowest BCUT2D eigenvalue weighted by Crippen LogP contribution is -1.99. The number of hydrogen-bond donors (Lipinski definition) is 1. The molecule has 4 nitrogen and oxygen atoms in total. The number of aliphatic carboxylic acids is 1. The molecule has 3 aromatic rings. The fourth-order valence-corrected chi connectivity index (χ4v) is 3.05. The Balaban J connectivity index is 2.21. The first-order chi connectivity index (χ1) is 11.6. The second-order valence-electron chi connectivity index (χ2n) is 5.72. The van der Waals surface area contributed by atoms with Crippen LogP contribution in [0.4, 0.5) is 0 Å². The molecule has 2 aromatic carbocycles. The number of aromatic nitrogens is 1. The van der Waals surface area contributed by atoms with Gasteiger partial charge in [0, 0.05) is 29.1 Å². The zero-order valence-electron chi connectivity index (χ0n) is 13.7. The molecule has 1 aromatic heterocycles. The Hall–Kier alpha value is -2.88. The van der Waals surface area contributed by atoms with Crippen LogP contribution in [0.1, 0.15) is 17.5 Å². The summed E-state index contributed by atoms with van der Waals surface area (Å²) in [4.78, 5) is 15.5. The standard InChI is InChI=1S/C20H19NO3/c1-13-5-3-7-17(24-2)19(13)16-10-8-14(9-11-18(22)23)15-6-4-12-21-20(15)16/h3-8,10,12H,9,11H2,1-2H3,(H,22,23). The van der Waals surface area contributed by atoms with E-state index in [4.69, 9.17) is 9.84 Å². The molecule has 0 spiro atoms. The first-order valence-corrected chi connectivity index (χ1v) is 7.84. The van der Waals surface area contributed by atoms with Gasteiger partial charge < -0.3 is 9.84 Å².